The van der Waals surface area contributed by atoms with Crippen LogP contribution in [0.1, 0.15) is 51.7 Å². The topological polar surface area (TPSA) is 58.6 Å². The van der Waals surface area contributed by atoms with Crippen LogP contribution in [0, 0.1) is 0 Å². The maximum Gasteiger partial charge on any atom is 0.221 e. The summed E-state index contributed by atoms with van der Waals surface area (Å²) in [5.41, 5.74) is 1.79. The zero-order valence-corrected chi connectivity index (χ0v) is 11.9. The zero-order valence-electron chi connectivity index (χ0n) is 11.9. The number of hydrogen-bond acceptors (Lipinski definition) is 3. The van der Waals surface area contributed by atoms with Crippen molar-refractivity contribution in [3.8, 4) is 0 Å². The normalized spacial score (nSPS) is 24.1. The molecule has 0 bridgehead atoms. The first-order chi connectivity index (χ1) is 8.86. The number of aliphatic hydroxyl groups is 1. The van der Waals surface area contributed by atoms with E-state index in [4.69, 9.17) is 4.74 Å². The van der Waals surface area contributed by atoms with Gasteiger partial charge in [-0.3, -0.25) is 4.79 Å². The molecular weight excluding hydrogens is 242 g/mol. The molecule has 0 aromatic heterocycles. The average Bonchev–Trinajstić information content (AvgIpc) is 2.58. The number of carbonyl (C=O) groups excluding carboxylic acids is 1. The summed E-state index contributed by atoms with van der Waals surface area (Å²) in [6.45, 7) is 7.17. The molecule has 0 saturated carbocycles. The van der Waals surface area contributed by atoms with Crippen LogP contribution in [0.3, 0.4) is 0 Å². The summed E-state index contributed by atoms with van der Waals surface area (Å²) in [6.07, 6.45) is 1.55. The molecular formula is C15H21NO3. The molecule has 2 rings (SSSR count). The average molecular weight is 263 g/mol. The van der Waals surface area contributed by atoms with Gasteiger partial charge in [-0.15, -0.1) is 0 Å². The molecule has 1 heterocycles. The number of hydrogen-bond donors (Lipinski definition) is 2. The van der Waals surface area contributed by atoms with Crippen molar-refractivity contribution in [1.82, 2.24) is 0 Å². The minimum atomic E-state index is -1.37. The van der Waals surface area contributed by atoms with Crippen molar-refractivity contribution >= 4 is 11.6 Å². The van der Waals surface area contributed by atoms with E-state index in [1.165, 1.54) is 6.92 Å². The number of ether oxygens (including phenoxy) is 1. The van der Waals surface area contributed by atoms with Gasteiger partial charge in [0.15, 0.2) is 5.79 Å². The Balaban J connectivity index is 2.63. The lowest BCUT2D eigenvalue weighted by Crippen LogP contribution is -2.29. The van der Waals surface area contributed by atoms with Crippen LogP contribution in [-0.4, -0.2) is 11.0 Å². The fraction of sp³-hybridized carbons (Fsp3) is 0.533. The van der Waals surface area contributed by atoms with Crippen LogP contribution in [0.2, 0.25) is 0 Å². The highest BCUT2D eigenvalue weighted by atomic mass is 16.6. The summed E-state index contributed by atoms with van der Waals surface area (Å²) in [6, 6.07) is 5.64. The summed E-state index contributed by atoms with van der Waals surface area (Å²) < 4.78 is 5.93. The van der Waals surface area contributed by atoms with Crippen LogP contribution in [0.5, 0.6) is 0 Å². The fourth-order valence-corrected chi connectivity index (χ4v) is 2.99. The molecule has 2 N–H and O–H groups in total. The van der Waals surface area contributed by atoms with Crippen molar-refractivity contribution in [3.63, 3.8) is 0 Å². The molecule has 4 heteroatoms. The van der Waals surface area contributed by atoms with Crippen molar-refractivity contribution in [2.45, 2.75) is 51.9 Å². The molecule has 1 unspecified atom stereocenters. The molecule has 0 spiro atoms. The van der Waals surface area contributed by atoms with Crippen molar-refractivity contribution in [3.05, 3.63) is 29.3 Å². The molecule has 1 aliphatic heterocycles. The number of anilines is 1. The van der Waals surface area contributed by atoms with Crippen LogP contribution < -0.4 is 5.32 Å². The SMILES string of the molecule is CCC1(CC)OC(C)(O)c2c(NC(C)=O)cccc21. The largest absolute Gasteiger partial charge is 0.362 e. The smallest absolute Gasteiger partial charge is 0.221 e. The lowest BCUT2D eigenvalue weighted by molar-refractivity contribution is -0.249. The Morgan fingerprint density at radius 1 is 1.37 bits per heavy atom. The number of benzene rings is 1. The van der Waals surface area contributed by atoms with Crippen LogP contribution in [-0.2, 0) is 20.9 Å². The van der Waals surface area contributed by atoms with Gasteiger partial charge in [0.05, 0.1) is 5.60 Å². The predicted octanol–water partition coefficient (Wildman–Crippen LogP) is 2.86. The Labute approximate surface area is 113 Å². The van der Waals surface area contributed by atoms with Crippen LogP contribution >= 0.6 is 0 Å². The third-order valence-corrected chi connectivity index (χ3v) is 3.87. The molecule has 0 radical (unpaired) electrons. The van der Waals surface area contributed by atoms with E-state index in [1.807, 2.05) is 26.0 Å². The van der Waals surface area contributed by atoms with E-state index in [0.717, 1.165) is 18.4 Å². The van der Waals surface area contributed by atoms with E-state index < -0.39 is 11.4 Å². The summed E-state index contributed by atoms with van der Waals surface area (Å²) >= 11 is 0. The number of carbonyl (C=O) groups is 1. The van der Waals surface area contributed by atoms with Gasteiger partial charge in [-0.25, -0.2) is 0 Å². The lowest BCUT2D eigenvalue weighted by atomic mass is 9.86. The number of fused-ring (bicyclic) bond motifs is 1. The standard InChI is InChI=1S/C15H21NO3/c1-5-15(6-2)11-8-7-9-12(16-10(3)17)13(11)14(4,18)19-15/h7-9,18H,5-6H2,1-4H3,(H,16,17). The molecule has 104 valence electrons. The van der Waals surface area contributed by atoms with Gasteiger partial charge in [-0.1, -0.05) is 26.0 Å². The Hall–Kier alpha value is -1.39. The molecule has 4 nitrogen and oxygen atoms in total. The van der Waals surface area contributed by atoms with Crippen LogP contribution in [0.25, 0.3) is 0 Å². The Morgan fingerprint density at radius 3 is 2.53 bits per heavy atom. The fourth-order valence-electron chi connectivity index (χ4n) is 2.99. The lowest BCUT2D eigenvalue weighted by Gasteiger charge is -2.29. The van der Waals surface area contributed by atoms with Gasteiger partial charge >= 0.3 is 0 Å². The van der Waals surface area contributed by atoms with E-state index >= 15 is 0 Å². The second kappa shape index (κ2) is 4.62. The summed E-state index contributed by atoms with van der Waals surface area (Å²) in [4.78, 5) is 11.3. The molecule has 1 aliphatic rings. The first-order valence-corrected chi connectivity index (χ1v) is 6.70. The molecule has 0 saturated heterocycles. The maximum absolute atomic E-state index is 11.3. The van der Waals surface area contributed by atoms with Gasteiger partial charge in [0.2, 0.25) is 5.91 Å². The highest BCUT2D eigenvalue weighted by molar-refractivity contribution is 5.90. The second-order valence-corrected chi connectivity index (χ2v) is 5.20. The van der Waals surface area contributed by atoms with Crippen molar-refractivity contribution in [2.75, 3.05) is 5.32 Å². The molecule has 1 aromatic carbocycles. The third kappa shape index (κ3) is 2.15. The minimum absolute atomic E-state index is 0.158. The summed E-state index contributed by atoms with van der Waals surface area (Å²) in [5.74, 6) is -1.53. The van der Waals surface area contributed by atoms with Gasteiger partial charge in [0, 0.05) is 18.2 Å². The predicted molar refractivity (Wildman–Crippen MR) is 73.7 cm³/mol. The maximum atomic E-state index is 11.3. The molecule has 0 fully saturated rings. The minimum Gasteiger partial charge on any atom is -0.362 e. The van der Waals surface area contributed by atoms with Crippen LogP contribution in [0.4, 0.5) is 5.69 Å². The van der Waals surface area contributed by atoms with E-state index in [0.29, 0.717) is 11.3 Å². The van der Waals surface area contributed by atoms with Crippen LogP contribution in [0.15, 0.2) is 18.2 Å². The third-order valence-electron chi connectivity index (χ3n) is 3.87. The summed E-state index contributed by atoms with van der Waals surface area (Å²) in [7, 11) is 0. The van der Waals surface area contributed by atoms with Gasteiger partial charge in [-0.2, -0.15) is 0 Å². The summed E-state index contributed by atoms with van der Waals surface area (Å²) in [5, 5.41) is 13.3. The first-order valence-electron chi connectivity index (χ1n) is 6.70. The van der Waals surface area contributed by atoms with Gasteiger partial charge in [0.1, 0.15) is 0 Å². The second-order valence-electron chi connectivity index (χ2n) is 5.20. The van der Waals surface area contributed by atoms with Gasteiger partial charge < -0.3 is 15.2 Å². The highest BCUT2D eigenvalue weighted by Gasteiger charge is 2.49. The van der Waals surface area contributed by atoms with E-state index in [9.17, 15) is 9.90 Å². The Morgan fingerprint density at radius 2 is 2.00 bits per heavy atom. The Kier molecular flexibility index (Phi) is 3.41. The number of nitrogens with one attached hydrogen (secondary N) is 1. The molecule has 0 aliphatic carbocycles. The molecule has 1 aromatic rings. The molecule has 19 heavy (non-hydrogen) atoms. The monoisotopic (exact) mass is 263 g/mol. The van der Waals surface area contributed by atoms with E-state index in [-0.39, 0.29) is 5.91 Å². The number of rotatable bonds is 3. The van der Waals surface area contributed by atoms with E-state index in [1.54, 1.807) is 13.0 Å². The van der Waals surface area contributed by atoms with Crippen molar-refractivity contribution in [1.29, 1.82) is 0 Å². The molecule has 1 amide bonds. The van der Waals surface area contributed by atoms with Crippen molar-refractivity contribution < 1.29 is 14.6 Å². The Bertz CT molecular complexity index is 504. The molecule has 1 atom stereocenters. The van der Waals surface area contributed by atoms with E-state index in [2.05, 4.69) is 5.32 Å². The first kappa shape index (κ1) is 14.0. The zero-order chi connectivity index (χ0) is 14.3. The van der Waals surface area contributed by atoms with Gasteiger partial charge in [0.25, 0.3) is 0 Å². The highest BCUT2D eigenvalue weighted by Crippen LogP contribution is 2.51. The quantitative estimate of drug-likeness (QED) is 0.881. The van der Waals surface area contributed by atoms with Gasteiger partial charge in [-0.05, 0) is 31.4 Å². The number of amides is 1. The van der Waals surface area contributed by atoms with Crippen molar-refractivity contribution in [2.24, 2.45) is 0 Å².